The van der Waals surface area contributed by atoms with Crippen LogP contribution >= 0.6 is 0 Å². The molecular formula is C20H33N5O2. The van der Waals surface area contributed by atoms with Crippen LogP contribution in [0.5, 0.6) is 6.01 Å². The van der Waals surface area contributed by atoms with Crippen molar-refractivity contribution in [3.05, 3.63) is 29.8 Å². The van der Waals surface area contributed by atoms with Crippen molar-refractivity contribution >= 4 is 6.03 Å². The van der Waals surface area contributed by atoms with Gasteiger partial charge in [0, 0.05) is 36.3 Å². The molecule has 0 unspecified atom stereocenters. The lowest BCUT2D eigenvalue weighted by atomic mass is 9.93. The Bertz CT molecular complexity index is 762. The van der Waals surface area contributed by atoms with Gasteiger partial charge in [-0.2, -0.15) is 10.1 Å². The van der Waals surface area contributed by atoms with E-state index in [-0.39, 0.29) is 16.9 Å². The van der Waals surface area contributed by atoms with E-state index in [0.717, 1.165) is 30.8 Å². The van der Waals surface area contributed by atoms with Crippen LogP contribution in [-0.2, 0) is 17.4 Å². The van der Waals surface area contributed by atoms with Crippen molar-refractivity contribution in [1.82, 2.24) is 24.6 Å². The van der Waals surface area contributed by atoms with Gasteiger partial charge < -0.3 is 10.1 Å². The maximum Gasteiger partial charge on any atom is 0.329 e. The van der Waals surface area contributed by atoms with Crippen molar-refractivity contribution in [2.24, 2.45) is 0 Å². The number of nitrogens with one attached hydrogen (secondary N) is 1. The van der Waals surface area contributed by atoms with Crippen molar-refractivity contribution in [3.8, 4) is 6.01 Å². The molecule has 0 atom stereocenters. The normalized spacial score (nSPS) is 12.3. The standard InChI is InChI=1S/C20H33N5O2/c1-19(2,3)15-10-13-24(23-15)12-9-8-11-21-17(26)25-14-16(20(4,5)6)22-18(25)27-7/h10,13-14H,8-9,11-12H2,1-7H3,(H,21,26). The van der Waals surface area contributed by atoms with Gasteiger partial charge >= 0.3 is 12.0 Å². The summed E-state index contributed by atoms with van der Waals surface area (Å²) in [6.45, 7) is 14.1. The molecule has 2 aromatic rings. The third-order valence-electron chi connectivity index (χ3n) is 4.34. The summed E-state index contributed by atoms with van der Waals surface area (Å²) < 4.78 is 8.64. The van der Waals surface area contributed by atoms with E-state index < -0.39 is 0 Å². The lowest BCUT2D eigenvalue weighted by Crippen LogP contribution is -2.29. The molecule has 0 bridgehead atoms. The Morgan fingerprint density at radius 1 is 1.11 bits per heavy atom. The number of methoxy groups -OCH3 is 1. The van der Waals surface area contributed by atoms with Crippen molar-refractivity contribution in [2.45, 2.75) is 71.8 Å². The molecular weight excluding hydrogens is 342 g/mol. The summed E-state index contributed by atoms with van der Waals surface area (Å²) >= 11 is 0. The van der Waals surface area contributed by atoms with Crippen LogP contribution in [0, 0.1) is 0 Å². The molecule has 0 saturated carbocycles. The Kier molecular flexibility index (Phi) is 6.34. The van der Waals surface area contributed by atoms with E-state index in [1.165, 1.54) is 11.7 Å². The Morgan fingerprint density at radius 3 is 2.33 bits per heavy atom. The summed E-state index contributed by atoms with van der Waals surface area (Å²) in [5, 5.41) is 7.54. The fourth-order valence-electron chi connectivity index (χ4n) is 2.58. The number of imidazole rings is 1. The van der Waals surface area contributed by atoms with Gasteiger partial charge in [-0.25, -0.2) is 9.36 Å². The predicted octanol–water partition coefficient (Wildman–Crippen LogP) is 3.72. The molecule has 0 aliphatic heterocycles. The minimum Gasteiger partial charge on any atom is -0.468 e. The quantitative estimate of drug-likeness (QED) is 0.781. The molecule has 0 spiro atoms. The fourth-order valence-corrected chi connectivity index (χ4v) is 2.58. The van der Waals surface area contributed by atoms with E-state index in [4.69, 9.17) is 4.74 Å². The van der Waals surface area contributed by atoms with Gasteiger partial charge in [0.15, 0.2) is 0 Å². The SMILES string of the molecule is COc1nc(C(C)(C)C)cn1C(=O)NCCCCn1ccc(C(C)(C)C)n1. The number of nitrogens with zero attached hydrogens (tertiary/aromatic N) is 4. The van der Waals surface area contributed by atoms with Crippen LogP contribution in [0.1, 0.15) is 65.8 Å². The summed E-state index contributed by atoms with van der Waals surface area (Å²) in [7, 11) is 1.52. The predicted molar refractivity (Wildman–Crippen MR) is 106 cm³/mol. The van der Waals surface area contributed by atoms with Crippen LogP contribution in [0.15, 0.2) is 18.5 Å². The molecule has 7 nitrogen and oxygen atoms in total. The van der Waals surface area contributed by atoms with Crippen LogP contribution in [-0.4, -0.2) is 39.0 Å². The van der Waals surface area contributed by atoms with Gasteiger partial charge in [0.05, 0.1) is 18.5 Å². The van der Waals surface area contributed by atoms with Crippen LogP contribution < -0.4 is 10.1 Å². The molecule has 2 heterocycles. The van der Waals surface area contributed by atoms with E-state index >= 15 is 0 Å². The molecule has 27 heavy (non-hydrogen) atoms. The monoisotopic (exact) mass is 375 g/mol. The molecule has 0 aromatic carbocycles. The summed E-state index contributed by atoms with van der Waals surface area (Å²) in [4.78, 5) is 16.8. The highest BCUT2D eigenvalue weighted by Crippen LogP contribution is 2.24. The first kappa shape index (κ1) is 21.0. The highest BCUT2D eigenvalue weighted by Gasteiger charge is 2.22. The van der Waals surface area contributed by atoms with Crippen LogP contribution in [0.2, 0.25) is 0 Å². The summed E-state index contributed by atoms with van der Waals surface area (Å²) in [5.41, 5.74) is 1.84. The fraction of sp³-hybridized carbons (Fsp3) is 0.650. The van der Waals surface area contributed by atoms with Gasteiger partial charge in [-0.05, 0) is 18.9 Å². The second-order valence-electron chi connectivity index (χ2n) is 8.89. The highest BCUT2D eigenvalue weighted by molar-refractivity contribution is 5.78. The molecule has 1 N–H and O–H groups in total. The minimum atomic E-state index is -0.219. The largest absolute Gasteiger partial charge is 0.468 e. The third kappa shape index (κ3) is 5.58. The Morgan fingerprint density at radius 2 is 1.78 bits per heavy atom. The van der Waals surface area contributed by atoms with E-state index in [0.29, 0.717) is 12.6 Å². The minimum absolute atomic E-state index is 0.0645. The van der Waals surface area contributed by atoms with Crippen LogP contribution in [0.3, 0.4) is 0 Å². The second kappa shape index (κ2) is 8.15. The first-order chi connectivity index (χ1) is 12.5. The zero-order chi connectivity index (χ0) is 20.2. The second-order valence-corrected chi connectivity index (χ2v) is 8.89. The molecule has 0 saturated heterocycles. The van der Waals surface area contributed by atoms with E-state index in [2.05, 4.69) is 63.0 Å². The number of hydrogen-bond acceptors (Lipinski definition) is 4. The van der Waals surface area contributed by atoms with Crippen LogP contribution in [0.4, 0.5) is 4.79 Å². The van der Waals surface area contributed by atoms with Gasteiger partial charge in [0.25, 0.3) is 0 Å². The van der Waals surface area contributed by atoms with E-state index in [1.54, 1.807) is 6.20 Å². The molecule has 150 valence electrons. The zero-order valence-electron chi connectivity index (χ0n) is 17.7. The smallest absolute Gasteiger partial charge is 0.329 e. The number of carbonyl (C=O) groups is 1. The van der Waals surface area contributed by atoms with Crippen LogP contribution in [0.25, 0.3) is 0 Å². The Hall–Kier alpha value is -2.31. The topological polar surface area (TPSA) is 74.0 Å². The first-order valence-corrected chi connectivity index (χ1v) is 9.48. The van der Waals surface area contributed by atoms with Crippen molar-refractivity contribution in [1.29, 1.82) is 0 Å². The molecule has 2 aromatic heterocycles. The average molecular weight is 376 g/mol. The highest BCUT2D eigenvalue weighted by atomic mass is 16.5. The number of aryl methyl sites for hydroxylation is 1. The summed E-state index contributed by atoms with van der Waals surface area (Å²) in [5.74, 6) is 0. The average Bonchev–Trinajstić information content (AvgIpc) is 3.20. The maximum absolute atomic E-state index is 12.4. The van der Waals surface area contributed by atoms with Gasteiger partial charge in [-0.15, -0.1) is 0 Å². The number of ether oxygens (including phenoxy) is 1. The third-order valence-corrected chi connectivity index (χ3v) is 4.34. The van der Waals surface area contributed by atoms with Crippen molar-refractivity contribution in [2.75, 3.05) is 13.7 Å². The molecule has 1 amide bonds. The molecule has 0 aliphatic rings. The van der Waals surface area contributed by atoms with Gasteiger partial charge in [0.1, 0.15) is 0 Å². The van der Waals surface area contributed by atoms with Gasteiger partial charge in [-0.3, -0.25) is 4.68 Å². The molecule has 7 heteroatoms. The Labute approximate surface area is 162 Å². The molecule has 2 rings (SSSR count). The number of aromatic nitrogens is 4. The summed E-state index contributed by atoms with van der Waals surface area (Å²) in [6, 6.07) is 2.16. The van der Waals surface area contributed by atoms with Gasteiger partial charge in [-0.1, -0.05) is 41.5 Å². The van der Waals surface area contributed by atoms with Crippen molar-refractivity contribution < 1.29 is 9.53 Å². The molecule has 0 radical (unpaired) electrons. The zero-order valence-corrected chi connectivity index (χ0v) is 17.7. The number of carbonyl (C=O) groups excluding carboxylic acids is 1. The van der Waals surface area contributed by atoms with E-state index in [9.17, 15) is 4.79 Å². The maximum atomic E-state index is 12.4. The molecule has 0 aliphatic carbocycles. The molecule has 0 fully saturated rings. The summed E-state index contributed by atoms with van der Waals surface area (Å²) in [6.07, 6.45) is 5.58. The first-order valence-electron chi connectivity index (χ1n) is 9.48. The Balaban J connectivity index is 1.81. The lowest BCUT2D eigenvalue weighted by molar-refractivity contribution is 0.237. The lowest BCUT2D eigenvalue weighted by Gasteiger charge is -2.14. The number of rotatable bonds is 6. The van der Waals surface area contributed by atoms with Crippen molar-refractivity contribution in [3.63, 3.8) is 0 Å². The van der Waals surface area contributed by atoms with E-state index in [1.807, 2.05) is 10.9 Å². The number of amides is 1. The van der Waals surface area contributed by atoms with Gasteiger partial charge in [0.2, 0.25) is 0 Å². The number of unbranched alkanes of at least 4 members (excludes halogenated alkanes) is 1. The number of hydrogen-bond donors (Lipinski definition) is 1.